The Bertz CT molecular complexity index is 366. The summed E-state index contributed by atoms with van der Waals surface area (Å²) in [5.74, 6) is 0.107. The monoisotopic (exact) mass is 281 g/mol. The Kier molecular flexibility index (Phi) is 4.48. The molecule has 0 amide bonds. The van der Waals surface area contributed by atoms with Gasteiger partial charge in [0.15, 0.2) is 0 Å². The lowest BCUT2D eigenvalue weighted by atomic mass is 9.70. The van der Waals surface area contributed by atoms with E-state index >= 15 is 0 Å². The molecule has 0 aromatic rings. The van der Waals surface area contributed by atoms with Gasteiger partial charge in [-0.05, 0) is 50.0 Å². The van der Waals surface area contributed by atoms with Gasteiger partial charge in [0.2, 0.25) is 0 Å². The van der Waals surface area contributed by atoms with E-state index in [0.29, 0.717) is 17.4 Å². The van der Waals surface area contributed by atoms with Crippen molar-refractivity contribution in [3.8, 4) is 0 Å². The fourth-order valence-electron chi connectivity index (χ4n) is 4.63. The van der Waals surface area contributed by atoms with Crippen LogP contribution in [0.1, 0.15) is 66.2 Å². The Balaban J connectivity index is 2.04. The molecule has 1 N–H and O–H groups in total. The third kappa shape index (κ3) is 3.03. The predicted octanol–water partition coefficient (Wildman–Crippen LogP) is 3.78. The predicted molar refractivity (Wildman–Crippen MR) is 81.8 cm³/mol. The molecule has 2 rings (SSSR count). The van der Waals surface area contributed by atoms with E-state index in [1.54, 1.807) is 0 Å². The molecule has 2 aliphatic rings. The van der Waals surface area contributed by atoms with Gasteiger partial charge in [0.1, 0.15) is 0 Å². The topological polar surface area (TPSA) is 40.5 Å². The van der Waals surface area contributed by atoms with Crippen LogP contribution in [0.4, 0.5) is 0 Å². The molecule has 116 valence electrons. The van der Waals surface area contributed by atoms with Crippen LogP contribution < -0.4 is 0 Å². The minimum Gasteiger partial charge on any atom is -0.481 e. The first-order chi connectivity index (χ1) is 9.30. The van der Waals surface area contributed by atoms with E-state index in [-0.39, 0.29) is 0 Å². The fraction of sp³-hybridized carbons (Fsp3) is 0.941. The number of carboxylic acids is 1. The van der Waals surface area contributed by atoms with Crippen LogP contribution in [-0.2, 0) is 4.79 Å². The zero-order valence-corrected chi connectivity index (χ0v) is 13.6. The zero-order valence-electron chi connectivity index (χ0n) is 13.6. The highest BCUT2D eigenvalue weighted by Gasteiger charge is 2.47. The van der Waals surface area contributed by atoms with Gasteiger partial charge >= 0.3 is 5.97 Å². The molecule has 1 heterocycles. The first kappa shape index (κ1) is 15.8. The van der Waals surface area contributed by atoms with Crippen LogP contribution in [0, 0.1) is 16.7 Å². The summed E-state index contributed by atoms with van der Waals surface area (Å²) >= 11 is 0. The van der Waals surface area contributed by atoms with Crippen molar-refractivity contribution in [2.75, 3.05) is 13.1 Å². The van der Waals surface area contributed by atoms with Crippen LogP contribution in [0.25, 0.3) is 0 Å². The van der Waals surface area contributed by atoms with E-state index in [2.05, 4.69) is 32.6 Å². The summed E-state index contributed by atoms with van der Waals surface area (Å²) in [6.45, 7) is 10.9. The summed E-state index contributed by atoms with van der Waals surface area (Å²) in [7, 11) is 0. The number of carbonyl (C=O) groups is 1. The maximum atomic E-state index is 11.7. The molecule has 0 aromatic carbocycles. The lowest BCUT2D eigenvalue weighted by Gasteiger charge is -2.43. The highest BCUT2D eigenvalue weighted by atomic mass is 16.4. The maximum Gasteiger partial charge on any atom is 0.310 e. The number of nitrogens with zero attached hydrogens (tertiary/aromatic N) is 1. The van der Waals surface area contributed by atoms with Crippen molar-refractivity contribution in [3.63, 3.8) is 0 Å². The smallest absolute Gasteiger partial charge is 0.310 e. The molecule has 3 atom stereocenters. The Morgan fingerprint density at radius 2 is 2.05 bits per heavy atom. The van der Waals surface area contributed by atoms with Crippen molar-refractivity contribution in [2.24, 2.45) is 16.7 Å². The molecule has 1 aliphatic heterocycles. The third-order valence-corrected chi connectivity index (χ3v) is 5.68. The molecule has 0 spiro atoms. The van der Waals surface area contributed by atoms with Gasteiger partial charge in [-0.25, -0.2) is 0 Å². The van der Waals surface area contributed by atoms with E-state index in [1.807, 2.05) is 0 Å². The summed E-state index contributed by atoms with van der Waals surface area (Å²) in [6, 6.07) is 0.598. The van der Waals surface area contributed by atoms with Gasteiger partial charge in [0.25, 0.3) is 0 Å². The summed E-state index contributed by atoms with van der Waals surface area (Å²) in [4.78, 5) is 14.2. The molecular formula is C17H31NO2. The zero-order chi connectivity index (χ0) is 15.0. The number of hydrogen-bond acceptors (Lipinski definition) is 2. The number of aliphatic carboxylic acids is 1. The third-order valence-electron chi connectivity index (χ3n) is 5.68. The first-order valence-corrected chi connectivity index (χ1v) is 8.27. The van der Waals surface area contributed by atoms with Crippen LogP contribution >= 0.6 is 0 Å². The van der Waals surface area contributed by atoms with E-state index in [9.17, 15) is 9.90 Å². The Hall–Kier alpha value is -0.570. The van der Waals surface area contributed by atoms with Crippen molar-refractivity contribution in [1.82, 2.24) is 4.90 Å². The largest absolute Gasteiger partial charge is 0.481 e. The van der Waals surface area contributed by atoms with Crippen molar-refractivity contribution in [1.29, 1.82) is 0 Å². The molecule has 1 saturated carbocycles. The fourth-order valence-corrected chi connectivity index (χ4v) is 4.63. The van der Waals surface area contributed by atoms with Crippen molar-refractivity contribution in [3.05, 3.63) is 0 Å². The van der Waals surface area contributed by atoms with Crippen molar-refractivity contribution >= 4 is 5.97 Å². The standard InChI is InChI=1S/C17H31NO2/c1-5-7-17(15(19)20)9-10-18(12-17)14-6-8-16(3,4)11-13(14)2/h13-14H,5-12H2,1-4H3,(H,19,20). The van der Waals surface area contributed by atoms with Gasteiger partial charge in [-0.1, -0.05) is 34.1 Å². The second-order valence-electron chi connectivity index (χ2n) is 8.01. The summed E-state index contributed by atoms with van der Waals surface area (Å²) in [5.41, 5.74) is -0.00954. The van der Waals surface area contributed by atoms with Crippen LogP contribution in [0.2, 0.25) is 0 Å². The number of rotatable bonds is 4. The van der Waals surface area contributed by atoms with Gasteiger partial charge in [0, 0.05) is 12.6 Å². The van der Waals surface area contributed by atoms with Crippen molar-refractivity contribution in [2.45, 2.75) is 72.3 Å². The lowest BCUT2D eigenvalue weighted by molar-refractivity contribution is -0.149. The number of hydrogen-bond donors (Lipinski definition) is 1. The maximum absolute atomic E-state index is 11.7. The molecule has 2 fully saturated rings. The second kappa shape index (κ2) is 5.67. The summed E-state index contributed by atoms with van der Waals surface area (Å²) in [6.07, 6.45) is 6.39. The average Bonchev–Trinajstić information content (AvgIpc) is 2.74. The number of likely N-dealkylation sites (tertiary alicyclic amines) is 1. The Morgan fingerprint density at radius 3 is 2.60 bits per heavy atom. The minimum atomic E-state index is -0.578. The first-order valence-electron chi connectivity index (χ1n) is 8.27. The van der Waals surface area contributed by atoms with Gasteiger partial charge in [0.05, 0.1) is 5.41 Å². The normalized spacial score (nSPS) is 38.0. The Labute approximate surface area is 123 Å². The Morgan fingerprint density at radius 1 is 1.35 bits per heavy atom. The summed E-state index contributed by atoms with van der Waals surface area (Å²) in [5, 5.41) is 9.63. The van der Waals surface area contributed by atoms with Crippen LogP contribution in [0.15, 0.2) is 0 Å². The average molecular weight is 281 g/mol. The molecule has 0 radical (unpaired) electrons. The molecule has 1 saturated heterocycles. The van der Waals surface area contributed by atoms with Crippen molar-refractivity contribution < 1.29 is 9.90 Å². The molecule has 20 heavy (non-hydrogen) atoms. The minimum absolute atomic E-state index is 0.461. The molecule has 3 nitrogen and oxygen atoms in total. The highest BCUT2D eigenvalue weighted by molar-refractivity contribution is 5.75. The van der Waals surface area contributed by atoms with E-state index < -0.39 is 11.4 Å². The van der Waals surface area contributed by atoms with Crippen LogP contribution in [0.5, 0.6) is 0 Å². The summed E-state index contributed by atoms with van der Waals surface area (Å²) < 4.78 is 0. The lowest BCUT2D eigenvalue weighted by Crippen LogP contribution is -2.45. The second-order valence-corrected chi connectivity index (χ2v) is 8.01. The number of carboxylic acid groups (broad SMARTS) is 1. The molecule has 3 heteroatoms. The van der Waals surface area contributed by atoms with Gasteiger partial charge in [-0.3, -0.25) is 9.69 Å². The SMILES string of the molecule is CCCC1(C(=O)O)CCN(C2CCC(C)(C)CC2C)C1. The quantitative estimate of drug-likeness (QED) is 0.852. The van der Waals surface area contributed by atoms with Gasteiger partial charge in [-0.15, -0.1) is 0 Å². The van der Waals surface area contributed by atoms with E-state index in [4.69, 9.17) is 0 Å². The van der Waals surface area contributed by atoms with Crippen LogP contribution in [0.3, 0.4) is 0 Å². The van der Waals surface area contributed by atoms with E-state index in [0.717, 1.165) is 32.4 Å². The molecular weight excluding hydrogens is 250 g/mol. The molecule has 1 aliphatic carbocycles. The van der Waals surface area contributed by atoms with E-state index in [1.165, 1.54) is 19.3 Å². The van der Waals surface area contributed by atoms with Crippen LogP contribution in [-0.4, -0.2) is 35.1 Å². The molecule has 3 unspecified atom stereocenters. The van der Waals surface area contributed by atoms with Gasteiger partial charge < -0.3 is 5.11 Å². The highest BCUT2D eigenvalue weighted by Crippen LogP contribution is 2.44. The molecule has 0 bridgehead atoms. The molecule has 0 aromatic heterocycles. The van der Waals surface area contributed by atoms with Gasteiger partial charge in [-0.2, -0.15) is 0 Å².